The molecule has 0 fully saturated rings. The highest BCUT2D eigenvalue weighted by Crippen LogP contribution is 2.28. The summed E-state index contributed by atoms with van der Waals surface area (Å²) >= 11 is 0. The number of aliphatic hydroxyl groups excluding tert-OH is 1. The number of benzene rings is 1. The zero-order valence-corrected chi connectivity index (χ0v) is 10.3. The summed E-state index contributed by atoms with van der Waals surface area (Å²) in [5, 5.41) is 21.8. The number of likely N-dealkylation sites (N-methyl/N-ethyl adjacent to an activating group) is 1. The highest BCUT2D eigenvalue weighted by molar-refractivity contribution is 5.42. The first-order chi connectivity index (χ1) is 7.69. The minimum Gasteiger partial charge on any atom is -0.504 e. The van der Waals surface area contributed by atoms with Crippen molar-refractivity contribution < 1.29 is 14.9 Å². The van der Waals surface area contributed by atoms with Gasteiger partial charge in [0.2, 0.25) is 0 Å². The Labute approximate surface area is 96.9 Å². The molecule has 92 valence electrons. The molecule has 1 unspecified atom stereocenters. The number of hydrogen-bond acceptors (Lipinski definition) is 4. The number of rotatable bonds is 4. The first-order valence-corrected chi connectivity index (χ1v) is 5.38. The van der Waals surface area contributed by atoms with Gasteiger partial charge < -0.3 is 20.3 Å². The lowest BCUT2D eigenvalue weighted by molar-refractivity contribution is 0.177. The van der Waals surface area contributed by atoms with Crippen molar-refractivity contribution in [2.45, 2.75) is 20.0 Å². The van der Waals surface area contributed by atoms with Gasteiger partial charge in [0.25, 0.3) is 0 Å². The Bertz CT molecular complexity index is 302. The fraction of sp³-hybridized carbons (Fsp3) is 0.500. The molecule has 0 aliphatic rings. The van der Waals surface area contributed by atoms with Gasteiger partial charge in [-0.1, -0.05) is 19.9 Å². The highest BCUT2D eigenvalue weighted by atomic mass is 16.5. The molecule has 4 heteroatoms. The van der Waals surface area contributed by atoms with Gasteiger partial charge in [-0.05, 0) is 24.7 Å². The van der Waals surface area contributed by atoms with Gasteiger partial charge in [-0.25, -0.2) is 0 Å². The summed E-state index contributed by atoms with van der Waals surface area (Å²) in [5.41, 5.74) is 0.717. The molecule has 0 aromatic heterocycles. The fourth-order valence-electron chi connectivity index (χ4n) is 1.21. The lowest BCUT2D eigenvalue weighted by atomic mass is 10.1. The maximum Gasteiger partial charge on any atom is 0.160 e. The van der Waals surface area contributed by atoms with Crippen LogP contribution in [0.15, 0.2) is 18.2 Å². The monoisotopic (exact) mass is 227 g/mol. The van der Waals surface area contributed by atoms with Crippen LogP contribution in [0.1, 0.15) is 25.5 Å². The lowest BCUT2D eigenvalue weighted by Gasteiger charge is -2.12. The zero-order chi connectivity index (χ0) is 12.6. The van der Waals surface area contributed by atoms with E-state index in [9.17, 15) is 10.2 Å². The van der Waals surface area contributed by atoms with Crippen LogP contribution in [-0.4, -0.2) is 30.9 Å². The topological polar surface area (TPSA) is 61.7 Å². The summed E-state index contributed by atoms with van der Waals surface area (Å²) in [5.74, 6) is 0.450. The van der Waals surface area contributed by atoms with Crippen molar-refractivity contribution in [3.63, 3.8) is 0 Å². The van der Waals surface area contributed by atoms with E-state index in [1.54, 1.807) is 19.2 Å². The smallest absolute Gasteiger partial charge is 0.160 e. The summed E-state index contributed by atoms with van der Waals surface area (Å²) in [6.07, 6.45) is -0.588. The molecule has 0 spiro atoms. The number of aromatic hydroxyl groups is 1. The van der Waals surface area contributed by atoms with Crippen molar-refractivity contribution in [2.24, 2.45) is 0 Å². The number of methoxy groups -OCH3 is 1. The van der Waals surface area contributed by atoms with Crippen LogP contribution in [-0.2, 0) is 0 Å². The standard InChI is InChI=1S/C10H15NO3.C2H6/c1-11-6-9(13)7-3-4-8(12)10(5-7)14-2;1-2/h3-5,9,11-13H,6H2,1-2H3;1-2H3. The number of hydrogen-bond donors (Lipinski definition) is 3. The van der Waals surface area contributed by atoms with E-state index >= 15 is 0 Å². The third kappa shape index (κ3) is 4.08. The average Bonchev–Trinajstić information content (AvgIpc) is 2.32. The average molecular weight is 227 g/mol. The van der Waals surface area contributed by atoms with Gasteiger partial charge >= 0.3 is 0 Å². The molecule has 4 nitrogen and oxygen atoms in total. The summed E-state index contributed by atoms with van der Waals surface area (Å²) in [4.78, 5) is 0. The molecule has 1 aromatic rings. The molecule has 0 radical (unpaired) electrons. The Balaban J connectivity index is 0.00000106. The maximum absolute atomic E-state index is 9.63. The molecule has 3 N–H and O–H groups in total. The van der Waals surface area contributed by atoms with Crippen molar-refractivity contribution in [1.29, 1.82) is 0 Å². The van der Waals surface area contributed by atoms with Crippen LogP contribution in [0.2, 0.25) is 0 Å². The Morgan fingerprint density at radius 2 is 2.00 bits per heavy atom. The van der Waals surface area contributed by atoms with Gasteiger partial charge in [0.15, 0.2) is 11.5 Å². The molecule has 0 amide bonds. The number of ether oxygens (including phenoxy) is 1. The Hall–Kier alpha value is -1.26. The first kappa shape index (κ1) is 14.7. The lowest BCUT2D eigenvalue weighted by Crippen LogP contribution is -2.16. The van der Waals surface area contributed by atoms with E-state index in [4.69, 9.17) is 4.74 Å². The van der Waals surface area contributed by atoms with Crippen molar-refractivity contribution in [3.8, 4) is 11.5 Å². The van der Waals surface area contributed by atoms with E-state index < -0.39 is 6.10 Å². The summed E-state index contributed by atoms with van der Waals surface area (Å²) < 4.78 is 4.93. The van der Waals surface area contributed by atoms with Gasteiger partial charge in [0, 0.05) is 6.54 Å². The summed E-state index contributed by atoms with van der Waals surface area (Å²) in [7, 11) is 3.24. The number of aliphatic hydroxyl groups is 1. The maximum atomic E-state index is 9.63. The van der Waals surface area contributed by atoms with Crippen LogP contribution < -0.4 is 10.1 Å². The van der Waals surface area contributed by atoms with Crippen LogP contribution in [0.5, 0.6) is 11.5 Å². The Morgan fingerprint density at radius 1 is 1.38 bits per heavy atom. The van der Waals surface area contributed by atoms with Crippen molar-refractivity contribution in [3.05, 3.63) is 23.8 Å². The largest absolute Gasteiger partial charge is 0.504 e. The second kappa shape index (κ2) is 7.96. The third-order valence-electron chi connectivity index (χ3n) is 1.99. The van der Waals surface area contributed by atoms with E-state index in [-0.39, 0.29) is 5.75 Å². The SMILES string of the molecule is CC.CNCC(O)c1ccc(O)c(OC)c1. The van der Waals surface area contributed by atoms with Crippen molar-refractivity contribution in [2.75, 3.05) is 20.7 Å². The van der Waals surface area contributed by atoms with Crippen LogP contribution in [0, 0.1) is 0 Å². The number of phenolic OH excluding ortho intramolecular Hbond substituents is 1. The van der Waals surface area contributed by atoms with E-state index in [1.165, 1.54) is 13.2 Å². The zero-order valence-electron chi connectivity index (χ0n) is 10.3. The van der Waals surface area contributed by atoms with E-state index in [0.717, 1.165) is 0 Å². The second-order valence-corrected chi connectivity index (χ2v) is 3.00. The van der Waals surface area contributed by atoms with Gasteiger partial charge in [0.05, 0.1) is 13.2 Å². The predicted octanol–water partition coefficient (Wildman–Crippen LogP) is 1.68. The minimum absolute atomic E-state index is 0.0768. The Morgan fingerprint density at radius 3 is 2.50 bits per heavy atom. The molecule has 1 aromatic carbocycles. The summed E-state index contributed by atoms with van der Waals surface area (Å²) in [6, 6.07) is 4.80. The predicted molar refractivity (Wildman–Crippen MR) is 64.9 cm³/mol. The van der Waals surface area contributed by atoms with Crippen molar-refractivity contribution >= 4 is 0 Å². The van der Waals surface area contributed by atoms with E-state index in [0.29, 0.717) is 17.9 Å². The first-order valence-electron chi connectivity index (χ1n) is 5.38. The molecular formula is C12H21NO3. The molecule has 0 aliphatic heterocycles. The minimum atomic E-state index is -0.588. The number of nitrogens with one attached hydrogen (secondary N) is 1. The molecule has 0 aliphatic carbocycles. The Kier molecular flexibility index (Phi) is 7.33. The molecule has 16 heavy (non-hydrogen) atoms. The molecule has 1 rings (SSSR count). The normalized spacial score (nSPS) is 11.3. The molecule has 0 saturated carbocycles. The van der Waals surface area contributed by atoms with E-state index in [2.05, 4.69) is 5.32 Å². The quantitative estimate of drug-likeness (QED) is 0.732. The van der Waals surface area contributed by atoms with Crippen LogP contribution in [0.4, 0.5) is 0 Å². The highest BCUT2D eigenvalue weighted by Gasteiger charge is 2.09. The van der Waals surface area contributed by atoms with Crippen LogP contribution in [0.3, 0.4) is 0 Å². The molecular weight excluding hydrogens is 206 g/mol. The van der Waals surface area contributed by atoms with Gasteiger partial charge in [-0.2, -0.15) is 0 Å². The second-order valence-electron chi connectivity index (χ2n) is 3.00. The fourth-order valence-corrected chi connectivity index (χ4v) is 1.21. The molecule has 0 bridgehead atoms. The van der Waals surface area contributed by atoms with E-state index in [1.807, 2.05) is 13.8 Å². The third-order valence-corrected chi connectivity index (χ3v) is 1.99. The number of phenols is 1. The van der Waals surface area contributed by atoms with Gasteiger partial charge in [-0.15, -0.1) is 0 Å². The van der Waals surface area contributed by atoms with Gasteiger partial charge in [-0.3, -0.25) is 0 Å². The van der Waals surface area contributed by atoms with Crippen molar-refractivity contribution in [1.82, 2.24) is 5.32 Å². The molecule has 1 atom stereocenters. The van der Waals surface area contributed by atoms with Crippen LogP contribution >= 0.6 is 0 Å². The van der Waals surface area contributed by atoms with Gasteiger partial charge in [0.1, 0.15) is 0 Å². The van der Waals surface area contributed by atoms with Crippen LogP contribution in [0.25, 0.3) is 0 Å². The molecule has 0 heterocycles. The summed E-state index contributed by atoms with van der Waals surface area (Å²) in [6.45, 7) is 4.47. The molecule has 0 saturated heterocycles.